The highest BCUT2D eigenvalue weighted by Crippen LogP contribution is 2.19. The number of morpholine rings is 1. The highest BCUT2D eigenvalue weighted by atomic mass is 16.5. The number of ether oxygens (including phenoxy) is 2. The maximum absolute atomic E-state index is 5.75. The van der Waals surface area contributed by atoms with E-state index in [0.29, 0.717) is 0 Å². The second-order valence-corrected chi connectivity index (χ2v) is 4.96. The molecule has 5 nitrogen and oxygen atoms in total. The van der Waals surface area contributed by atoms with E-state index in [1.165, 1.54) is 18.5 Å². The summed E-state index contributed by atoms with van der Waals surface area (Å²) in [5.41, 5.74) is 1.32. The van der Waals surface area contributed by atoms with Gasteiger partial charge in [0.1, 0.15) is 6.61 Å². The van der Waals surface area contributed by atoms with Crippen molar-refractivity contribution >= 4 is 0 Å². The van der Waals surface area contributed by atoms with E-state index in [1.807, 2.05) is 0 Å². The first-order chi connectivity index (χ1) is 8.92. The van der Waals surface area contributed by atoms with E-state index in [1.54, 1.807) is 0 Å². The molecule has 1 fully saturated rings. The van der Waals surface area contributed by atoms with Gasteiger partial charge in [0.15, 0.2) is 0 Å². The van der Waals surface area contributed by atoms with Gasteiger partial charge in [-0.25, -0.2) is 0 Å². The lowest BCUT2D eigenvalue weighted by molar-refractivity contribution is 0.0319. The molecule has 1 aromatic rings. The summed E-state index contributed by atoms with van der Waals surface area (Å²) in [4.78, 5) is 2.37. The van der Waals surface area contributed by atoms with Gasteiger partial charge in [-0.15, -0.1) is 5.10 Å². The van der Waals surface area contributed by atoms with Crippen LogP contribution in [0.3, 0.4) is 0 Å². The molecule has 0 N–H and O–H groups in total. The zero-order valence-electron chi connectivity index (χ0n) is 10.8. The maximum atomic E-state index is 5.75. The van der Waals surface area contributed by atoms with Crippen LogP contribution in [0.25, 0.3) is 0 Å². The summed E-state index contributed by atoms with van der Waals surface area (Å²) in [5.74, 6) is 0.792. The Hall–Kier alpha value is -1.07. The number of hydrogen-bond acceptors (Lipinski definition) is 4. The second kappa shape index (κ2) is 5.71. The molecule has 0 amide bonds. The molecule has 0 bridgehead atoms. The fourth-order valence-electron chi connectivity index (χ4n) is 2.57. The molecule has 0 aliphatic carbocycles. The van der Waals surface area contributed by atoms with Gasteiger partial charge in [0.2, 0.25) is 5.88 Å². The molecule has 3 rings (SSSR count). The molecule has 5 heteroatoms. The first-order valence-electron chi connectivity index (χ1n) is 6.91. The molecule has 1 aromatic heterocycles. The zero-order chi connectivity index (χ0) is 12.2. The van der Waals surface area contributed by atoms with E-state index in [-0.39, 0.29) is 0 Å². The Bertz CT molecular complexity index is 362. The maximum Gasteiger partial charge on any atom is 0.233 e. The molecule has 2 aliphatic rings. The molecule has 1 saturated heterocycles. The fourth-order valence-corrected chi connectivity index (χ4v) is 2.57. The van der Waals surface area contributed by atoms with Crippen LogP contribution in [0.5, 0.6) is 5.88 Å². The van der Waals surface area contributed by atoms with Gasteiger partial charge in [-0.05, 0) is 19.3 Å². The van der Waals surface area contributed by atoms with E-state index in [2.05, 4.69) is 20.7 Å². The minimum absolute atomic E-state index is 0.719. The van der Waals surface area contributed by atoms with Crippen LogP contribution in [0, 0.1) is 0 Å². The molecule has 100 valence electrons. The monoisotopic (exact) mass is 251 g/mol. The molecule has 18 heavy (non-hydrogen) atoms. The predicted octanol–water partition coefficient (Wildman–Crippen LogP) is 0.930. The van der Waals surface area contributed by atoms with Crippen molar-refractivity contribution in [3.05, 3.63) is 11.8 Å². The fraction of sp³-hybridized carbons (Fsp3) is 0.769. The van der Waals surface area contributed by atoms with Gasteiger partial charge in [0.25, 0.3) is 0 Å². The Balaban J connectivity index is 1.46. The quantitative estimate of drug-likeness (QED) is 0.798. The molecule has 0 unspecified atom stereocenters. The molecule has 0 aromatic carbocycles. The molecule has 0 atom stereocenters. The molecular formula is C13H21N3O2. The summed E-state index contributed by atoms with van der Waals surface area (Å²) >= 11 is 0. The molecule has 0 saturated carbocycles. The first-order valence-corrected chi connectivity index (χ1v) is 6.91. The third kappa shape index (κ3) is 2.84. The minimum atomic E-state index is 0.719. The Kier molecular flexibility index (Phi) is 3.81. The van der Waals surface area contributed by atoms with Crippen molar-refractivity contribution in [2.45, 2.75) is 25.8 Å². The summed E-state index contributed by atoms with van der Waals surface area (Å²) in [5, 5.41) is 4.48. The smallest absolute Gasteiger partial charge is 0.233 e. The van der Waals surface area contributed by atoms with Gasteiger partial charge >= 0.3 is 0 Å². The zero-order valence-corrected chi connectivity index (χ0v) is 10.8. The largest absolute Gasteiger partial charge is 0.475 e. The topological polar surface area (TPSA) is 39.5 Å². The standard InChI is InChI=1S/C13H21N3O2/c1-2-4-16-12(3-1)11-13(14-16)18-10-7-15-5-8-17-9-6-15/h11H,1-10H2. The van der Waals surface area contributed by atoms with Crippen molar-refractivity contribution in [1.82, 2.24) is 14.7 Å². The van der Waals surface area contributed by atoms with Crippen LogP contribution in [0.2, 0.25) is 0 Å². The summed E-state index contributed by atoms with van der Waals surface area (Å²) in [7, 11) is 0. The van der Waals surface area contributed by atoms with Crippen LogP contribution >= 0.6 is 0 Å². The average Bonchev–Trinajstić information content (AvgIpc) is 2.82. The van der Waals surface area contributed by atoms with Gasteiger partial charge in [0.05, 0.1) is 13.2 Å². The van der Waals surface area contributed by atoms with Crippen molar-refractivity contribution in [3.63, 3.8) is 0 Å². The first kappa shape index (κ1) is 12.0. The molecule has 2 aliphatic heterocycles. The van der Waals surface area contributed by atoms with Gasteiger partial charge < -0.3 is 9.47 Å². The average molecular weight is 251 g/mol. The third-order valence-corrected chi connectivity index (χ3v) is 3.65. The SMILES string of the molecule is c1c(OCCN2CCOCC2)nn2c1CCCC2. The van der Waals surface area contributed by atoms with Crippen LogP contribution in [0.15, 0.2) is 6.07 Å². The third-order valence-electron chi connectivity index (χ3n) is 3.65. The van der Waals surface area contributed by atoms with Gasteiger partial charge in [-0.2, -0.15) is 0 Å². The van der Waals surface area contributed by atoms with E-state index in [9.17, 15) is 0 Å². The Morgan fingerprint density at radius 3 is 2.94 bits per heavy atom. The van der Waals surface area contributed by atoms with E-state index >= 15 is 0 Å². The number of fused-ring (bicyclic) bond motifs is 1. The molecule has 3 heterocycles. The van der Waals surface area contributed by atoms with Crippen LogP contribution < -0.4 is 4.74 Å². The lowest BCUT2D eigenvalue weighted by atomic mass is 10.1. The number of rotatable bonds is 4. The number of hydrogen-bond donors (Lipinski definition) is 0. The van der Waals surface area contributed by atoms with Gasteiger partial charge in [-0.3, -0.25) is 9.58 Å². The van der Waals surface area contributed by atoms with Crippen LogP contribution in [0.4, 0.5) is 0 Å². The van der Waals surface area contributed by atoms with Crippen LogP contribution in [0.1, 0.15) is 18.5 Å². The van der Waals surface area contributed by atoms with E-state index in [4.69, 9.17) is 9.47 Å². The minimum Gasteiger partial charge on any atom is -0.475 e. The van der Waals surface area contributed by atoms with Crippen molar-refractivity contribution in [2.75, 3.05) is 39.5 Å². The highest BCUT2D eigenvalue weighted by Gasteiger charge is 2.13. The summed E-state index contributed by atoms with van der Waals surface area (Å²) in [6.45, 7) is 6.45. The number of nitrogens with zero attached hydrogens (tertiary/aromatic N) is 3. The number of aromatic nitrogens is 2. The van der Waals surface area contributed by atoms with Crippen LogP contribution in [-0.2, 0) is 17.7 Å². The second-order valence-electron chi connectivity index (χ2n) is 4.96. The van der Waals surface area contributed by atoms with E-state index < -0.39 is 0 Å². The summed E-state index contributed by atoms with van der Waals surface area (Å²) in [6.07, 6.45) is 3.65. The lowest BCUT2D eigenvalue weighted by Crippen LogP contribution is -2.38. The summed E-state index contributed by atoms with van der Waals surface area (Å²) in [6, 6.07) is 2.10. The summed E-state index contributed by atoms with van der Waals surface area (Å²) < 4.78 is 13.2. The van der Waals surface area contributed by atoms with Gasteiger partial charge in [-0.1, -0.05) is 0 Å². The van der Waals surface area contributed by atoms with Crippen molar-refractivity contribution in [3.8, 4) is 5.88 Å². The Morgan fingerprint density at radius 1 is 1.22 bits per heavy atom. The molecule has 0 spiro atoms. The lowest BCUT2D eigenvalue weighted by Gasteiger charge is -2.26. The highest BCUT2D eigenvalue weighted by molar-refractivity contribution is 5.16. The van der Waals surface area contributed by atoms with Crippen molar-refractivity contribution in [1.29, 1.82) is 0 Å². The van der Waals surface area contributed by atoms with Gasteiger partial charge in [0, 0.05) is 37.9 Å². The predicted molar refractivity (Wildman–Crippen MR) is 67.9 cm³/mol. The van der Waals surface area contributed by atoms with Crippen molar-refractivity contribution in [2.24, 2.45) is 0 Å². The molecule has 0 radical (unpaired) electrons. The Labute approximate surface area is 108 Å². The number of aryl methyl sites for hydroxylation is 2. The normalized spacial score (nSPS) is 20.7. The van der Waals surface area contributed by atoms with E-state index in [0.717, 1.165) is 58.3 Å². The van der Waals surface area contributed by atoms with Crippen molar-refractivity contribution < 1.29 is 9.47 Å². The molecular weight excluding hydrogens is 230 g/mol. The van der Waals surface area contributed by atoms with Crippen LogP contribution in [-0.4, -0.2) is 54.1 Å². The Morgan fingerprint density at radius 2 is 2.11 bits per heavy atom.